The maximum atomic E-state index is 12.0. The van der Waals surface area contributed by atoms with Gasteiger partial charge in [0.2, 0.25) is 0 Å². The van der Waals surface area contributed by atoms with Crippen LogP contribution in [-0.2, 0) is 6.54 Å². The van der Waals surface area contributed by atoms with Crippen molar-refractivity contribution >= 4 is 0 Å². The molecule has 0 aliphatic carbocycles. The standard InChI is InChI=1S/C9H13FN2O2/c1-6-3-7(2)12(9(14)11-6)5-8(13)4-10/h3,8,13H,4-5H2,1-2H3. The molecule has 1 heterocycles. The van der Waals surface area contributed by atoms with Crippen LogP contribution in [0.4, 0.5) is 4.39 Å². The Hall–Kier alpha value is -1.23. The van der Waals surface area contributed by atoms with E-state index in [2.05, 4.69) is 4.98 Å². The van der Waals surface area contributed by atoms with Gasteiger partial charge in [-0.1, -0.05) is 0 Å². The number of rotatable bonds is 3. The number of aliphatic hydroxyl groups excluding tert-OH is 1. The largest absolute Gasteiger partial charge is 0.389 e. The van der Waals surface area contributed by atoms with Crippen molar-refractivity contribution in [3.63, 3.8) is 0 Å². The first-order valence-corrected chi connectivity index (χ1v) is 4.33. The predicted molar refractivity (Wildman–Crippen MR) is 50.0 cm³/mol. The van der Waals surface area contributed by atoms with Gasteiger partial charge >= 0.3 is 5.69 Å². The van der Waals surface area contributed by atoms with Gasteiger partial charge in [-0.25, -0.2) is 9.18 Å². The summed E-state index contributed by atoms with van der Waals surface area (Å²) in [6.07, 6.45) is -1.14. The third kappa shape index (κ3) is 2.38. The van der Waals surface area contributed by atoms with Gasteiger partial charge in [-0.15, -0.1) is 0 Å². The highest BCUT2D eigenvalue weighted by molar-refractivity contribution is 5.06. The lowest BCUT2D eigenvalue weighted by Crippen LogP contribution is -2.31. The Morgan fingerprint density at radius 2 is 2.29 bits per heavy atom. The normalized spacial score (nSPS) is 12.9. The second-order valence-electron chi connectivity index (χ2n) is 3.24. The van der Waals surface area contributed by atoms with Gasteiger partial charge in [0.05, 0.1) is 6.54 Å². The predicted octanol–water partition coefficient (Wildman–Crippen LogP) is 0.191. The number of nitrogens with zero attached hydrogens (tertiary/aromatic N) is 2. The molecule has 4 nitrogen and oxygen atoms in total. The molecule has 1 unspecified atom stereocenters. The Morgan fingerprint density at radius 3 is 2.79 bits per heavy atom. The van der Waals surface area contributed by atoms with Crippen LogP contribution < -0.4 is 5.69 Å². The van der Waals surface area contributed by atoms with Crippen molar-refractivity contribution in [3.05, 3.63) is 27.9 Å². The van der Waals surface area contributed by atoms with Gasteiger partial charge in [0.1, 0.15) is 12.8 Å². The van der Waals surface area contributed by atoms with E-state index in [1.165, 1.54) is 4.57 Å². The second kappa shape index (κ2) is 4.32. The maximum absolute atomic E-state index is 12.0. The van der Waals surface area contributed by atoms with Gasteiger partial charge in [0.15, 0.2) is 0 Å². The van der Waals surface area contributed by atoms with Gasteiger partial charge in [-0.3, -0.25) is 4.57 Å². The van der Waals surface area contributed by atoms with Crippen molar-refractivity contribution in [1.29, 1.82) is 0 Å². The summed E-state index contributed by atoms with van der Waals surface area (Å²) in [5.74, 6) is 0. The molecule has 1 atom stereocenters. The Balaban J connectivity index is 3.03. The first-order valence-electron chi connectivity index (χ1n) is 4.33. The van der Waals surface area contributed by atoms with Crippen LogP contribution in [0.5, 0.6) is 0 Å². The molecular formula is C9H13FN2O2. The fraction of sp³-hybridized carbons (Fsp3) is 0.556. The third-order valence-corrected chi connectivity index (χ3v) is 1.92. The number of alkyl halides is 1. The first-order chi connectivity index (χ1) is 6.54. The summed E-state index contributed by atoms with van der Waals surface area (Å²) >= 11 is 0. The second-order valence-corrected chi connectivity index (χ2v) is 3.24. The summed E-state index contributed by atoms with van der Waals surface area (Å²) in [4.78, 5) is 15.0. The molecule has 1 N–H and O–H groups in total. The summed E-state index contributed by atoms with van der Waals surface area (Å²) < 4.78 is 13.3. The van der Waals surface area contributed by atoms with Gasteiger partial charge in [0.25, 0.3) is 0 Å². The zero-order valence-corrected chi connectivity index (χ0v) is 8.20. The molecular weight excluding hydrogens is 187 g/mol. The molecule has 1 aromatic rings. The maximum Gasteiger partial charge on any atom is 0.348 e. The number of aromatic nitrogens is 2. The molecule has 0 radical (unpaired) electrons. The summed E-state index contributed by atoms with van der Waals surface area (Å²) in [5, 5.41) is 9.07. The highest BCUT2D eigenvalue weighted by atomic mass is 19.1. The molecule has 0 spiro atoms. The van der Waals surface area contributed by atoms with E-state index in [4.69, 9.17) is 5.11 Å². The van der Waals surface area contributed by atoms with Crippen molar-refractivity contribution in [2.75, 3.05) is 6.67 Å². The van der Waals surface area contributed by atoms with Gasteiger partial charge in [0, 0.05) is 11.4 Å². The SMILES string of the molecule is Cc1cc(C)n(CC(O)CF)c(=O)n1. The zero-order chi connectivity index (χ0) is 10.7. The van der Waals surface area contributed by atoms with E-state index in [9.17, 15) is 9.18 Å². The lowest BCUT2D eigenvalue weighted by molar-refractivity contribution is 0.119. The number of halogens is 1. The Bertz CT molecular complexity index is 376. The van der Waals surface area contributed by atoms with E-state index in [0.717, 1.165) is 0 Å². The molecule has 0 fully saturated rings. The van der Waals surface area contributed by atoms with Gasteiger partial charge in [-0.2, -0.15) is 4.98 Å². The van der Waals surface area contributed by atoms with E-state index >= 15 is 0 Å². The van der Waals surface area contributed by atoms with Crippen LogP contribution in [0, 0.1) is 13.8 Å². The Morgan fingerprint density at radius 1 is 1.64 bits per heavy atom. The van der Waals surface area contributed by atoms with Crippen LogP contribution in [-0.4, -0.2) is 27.4 Å². The lowest BCUT2D eigenvalue weighted by Gasteiger charge is -2.11. The molecule has 0 saturated carbocycles. The van der Waals surface area contributed by atoms with E-state index < -0.39 is 18.5 Å². The molecule has 1 aromatic heterocycles. The fourth-order valence-corrected chi connectivity index (χ4v) is 1.26. The highest BCUT2D eigenvalue weighted by Crippen LogP contribution is 1.98. The quantitative estimate of drug-likeness (QED) is 0.757. The number of hydrogen-bond acceptors (Lipinski definition) is 3. The van der Waals surface area contributed by atoms with E-state index in [-0.39, 0.29) is 6.54 Å². The minimum Gasteiger partial charge on any atom is -0.389 e. The van der Waals surface area contributed by atoms with Crippen molar-refractivity contribution in [2.45, 2.75) is 26.5 Å². The zero-order valence-electron chi connectivity index (χ0n) is 8.20. The molecule has 0 aromatic carbocycles. The Labute approximate surface area is 81.0 Å². The van der Waals surface area contributed by atoms with Gasteiger partial charge in [-0.05, 0) is 19.9 Å². The number of hydrogen-bond donors (Lipinski definition) is 1. The van der Waals surface area contributed by atoms with E-state index in [1.54, 1.807) is 19.9 Å². The van der Waals surface area contributed by atoms with E-state index in [1.807, 2.05) is 0 Å². The van der Waals surface area contributed by atoms with Crippen LogP contribution in [0.15, 0.2) is 10.9 Å². The van der Waals surface area contributed by atoms with Gasteiger partial charge < -0.3 is 5.11 Å². The Kier molecular flexibility index (Phi) is 3.35. The molecule has 5 heteroatoms. The molecule has 0 aliphatic rings. The van der Waals surface area contributed by atoms with Crippen molar-refractivity contribution < 1.29 is 9.50 Å². The van der Waals surface area contributed by atoms with Crippen molar-refractivity contribution in [2.24, 2.45) is 0 Å². The molecule has 0 saturated heterocycles. The minimum atomic E-state index is -1.14. The van der Waals surface area contributed by atoms with Crippen LogP contribution in [0.3, 0.4) is 0 Å². The van der Waals surface area contributed by atoms with Crippen LogP contribution in [0.25, 0.3) is 0 Å². The topological polar surface area (TPSA) is 55.1 Å². The first kappa shape index (κ1) is 10.8. The number of aryl methyl sites for hydroxylation is 2. The average molecular weight is 200 g/mol. The van der Waals surface area contributed by atoms with Crippen LogP contribution >= 0.6 is 0 Å². The van der Waals surface area contributed by atoms with Crippen molar-refractivity contribution in [3.8, 4) is 0 Å². The van der Waals surface area contributed by atoms with E-state index in [0.29, 0.717) is 11.4 Å². The number of aliphatic hydroxyl groups is 1. The average Bonchev–Trinajstić information content (AvgIpc) is 2.10. The smallest absolute Gasteiger partial charge is 0.348 e. The lowest BCUT2D eigenvalue weighted by atomic mass is 10.3. The summed E-state index contributed by atoms with van der Waals surface area (Å²) in [5.41, 5.74) is 0.850. The third-order valence-electron chi connectivity index (χ3n) is 1.92. The minimum absolute atomic E-state index is 0.0472. The molecule has 0 amide bonds. The fourth-order valence-electron chi connectivity index (χ4n) is 1.26. The van der Waals surface area contributed by atoms with Crippen LogP contribution in [0.1, 0.15) is 11.4 Å². The highest BCUT2D eigenvalue weighted by Gasteiger charge is 2.08. The summed E-state index contributed by atoms with van der Waals surface area (Å²) in [7, 11) is 0. The van der Waals surface area contributed by atoms with Crippen molar-refractivity contribution in [1.82, 2.24) is 9.55 Å². The monoisotopic (exact) mass is 200 g/mol. The molecule has 14 heavy (non-hydrogen) atoms. The molecule has 1 rings (SSSR count). The van der Waals surface area contributed by atoms with Crippen LogP contribution in [0.2, 0.25) is 0 Å². The molecule has 78 valence electrons. The summed E-state index contributed by atoms with van der Waals surface area (Å²) in [6, 6.07) is 1.71. The summed E-state index contributed by atoms with van der Waals surface area (Å²) in [6.45, 7) is 2.53. The molecule has 0 aliphatic heterocycles. The molecule has 0 bridgehead atoms.